The molecule has 0 bridgehead atoms. The molecule has 2 heterocycles. The summed E-state index contributed by atoms with van der Waals surface area (Å²) in [5.41, 5.74) is -0.402. The van der Waals surface area contributed by atoms with Crippen molar-refractivity contribution >= 4 is 22.4 Å². The summed E-state index contributed by atoms with van der Waals surface area (Å²) in [4.78, 5) is 16.9. The van der Waals surface area contributed by atoms with Crippen LogP contribution in [0.1, 0.15) is 26.6 Å². The van der Waals surface area contributed by atoms with Gasteiger partial charge in [-0.05, 0) is 17.7 Å². The first-order valence-corrected chi connectivity index (χ1v) is 8.18. The van der Waals surface area contributed by atoms with Crippen LogP contribution in [0.3, 0.4) is 0 Å². The molecule has 0 spiro atoms. The molecule has 2 aromatic heterocycles. The number of aromatic amines is 1. The van der Waals surface area contributed by atoms with Crippen LogP contribution in [0.2, 0.25) is 0 Å². The summed E-state index contributed by atoms with van der Waals surface area (Å²) in [5, 5.41) is 7.91. The van der Waals surface area contributed by atoms with Crippen molar-refractivity contribution in [1.82, 2.24) is 15.2 Å². The highest BCUT2D eigenvalue weighted by atomic mass is 32.1. The number of amides is 1. The first-order chi connectivity index (χ1) is 12.3. The number of anilines is 1. The van der Waals surface area contributed by atoms with Gasteiger partial charge in [-0.25, -0.2) is 4.98 Å². The van der Waals surface area contributed by atoms with Gasteiger partial charge in [0, 0.05) is 23.6 Å². The second kappa shape index (κ2) is 7.16. The molecule has 0 saturated carbocycles. The Morgan fingerprint density at radius 1 is 1.31 bits per heavy atom. The van der Waals surface area contributed by atoms with Crippen LogP contribution in [0, 0.1) is 0 Å². The largest absolute Gasteiger partial charge is 0.497 e. The average Bonchev–Trinajstić information content (AvgIpc) is 3.25. The lowest BCUT2D eigenvalue weighted by atomic mass is 10.1. The van der Waals surface area contributed by atoms with Crippen molar-refractivity contribution in [3.8, 4) is 5.75 Å². The number of H-pyrrole nitrogens is 1. The number of ether oxygens (including phenoxy) is 1. The Hall–Kier alpha value is -2.88. The molecule has 0 unspecified atom stereocenters. The van der Waals surface area contributed by atoms with Crippen molar-refractivity contribution in [2.24, 2.45) is 0 Å². The van der Waals surface area contributed by atoms with Gasteiger partial charge < -0.3 is 4.74 Å². The summed E-state index contributed by atoms with van der Waals surface area (Å²) in [6.07, 6.45) is -2.37. The number of methoxy groups -OCH3 is 1. The van der Waals surface area contributed by atoms with Crippen LogP contribution in [-0.4, -0.2) is 28.2 Å². The molecule has 1 aromatic carbocycles. The van der Waals surface area contributed by atoms with Crippen LogP contribution in [-0.2, 0) is 12.6 Å². The topological polar surface area (TPSA) is 79.9 Å². The third kappa shape index (κ3) is 4.20. The second-order valence-electron chi connectivity index (χ2n) is 5.28. The Morgan fingerprint density at radius 3 is 2.65 bits per heavy atom. The second-order valence-corrected chi connectivity index (χ2v) is 6.39. The van der Waals surface area contributed by atoms with Crippen LogP contribution >= 0.6 is 11.3 Å². The summed E-state index contributed by atoms with van der Waals surface area (Å²) in [6, 6.07) is 8.17. The summed E-state index contributed by atoms with van der Waals surface area (Å²) in [6.45, 7) is 0. The van der Waals surface area contributed by atoms with E-state index in [1.165, 1.54) is 11.3 Å². The Balaban J connectivity index is 1.64. The number of carbonyl (C=O) groups excluding carboxylic acids is 1. The fourth-order valence-electron chi connectivity index (χ4n) is 2.14. The van der Waals surface area contributed by atoms with Gasteiger partial charge in [0.2, 0.25) is 0 Å². The molecule has 6 nitrogen and oxygen atoms in total. The lowest BCUT2D eigenvalue weighted by Crippen LogP contribution is -2.12. The van der Waals surface area contributed by atoms with E-state index in [-0.39, 0.29) is 10.8 Å². The lowest BCUT2D eigenvalue weighted by Gasteiger charge is -2.01. The van der Waals surface area contributed by atoms with Gasteiger partial charge in [-0.2, -0.15) is 18.3 Å². The summed E-state index contributed by atoms with van der Waals surface area (Å²) < 4.78 is 42.7. The van der Waals surface area contributed by atoms with Gasteiger partial charge in [0.05, 0.1) is 7.11 Å². The van der Waals surface area contributed by atoms with Gasteiger partial charge in [0.1, 0.15) is 11.4 Å². The monoisotopic (exact) mass is 382 g/mol. The molecule has 0 aliphatic heterocycles. The van der Waals surface area contributed by atoms with E-state index in [1.807, 2.05) is 24.3 Å². The zero-order valence-electron chi connectivity index (χ0n) is 13.4. The fourth-order valence-corrected chi connectivity index (χ4v) is 2.98. The van der Waals surface area contributed by atoms with E-state index in [1.54, 1.807) is 18.4 Å². The molecule has 0 fully saturated rings. The van der Waals surface area contributed by atoms with Crippen molar-refractivity contribution < 1.29 is 22.7 Å². The number of alkyl halides is 3. The molecule has 26 heavy (non-hydrogen) atoms. The fraction of sp³-hybridized carbons (Fsp3) is 0.188. The molecule has 10 heteroatoms. The molecule has 3 aromatic rings. The standard InChI is InChI=1S/C16H13F3N4O2S/c1-25-10-4-2-9(3-5-10)6-11-8-20-15(26-11)21-14(24)12-7-13(23-22-12)16(17,18)19/h2-5,7-8H,6H2,1H3,(H,22,23)(H,20,21,24). The van der Waals surface area contributed by atoms with Gasteiger partial charge >= 0.3 is 6.18 Å². The van der Waals surface area contributed by atoms with Gasteiger partial charge in [-0.1, -0.05) is 12.1 Å². The van der Waals surface area contributed by atoms with Gasteiger partial charge in [-0.3, -0.25) is 15.2 Å². The zero-order chi connectivity index (χ0) is 18.7. The third-order valence-electron chi connectivity index (χ3n) is 3.43. The molecular weight excluding hydrogens is 369 g/mol. The Kier molecular flexibility index (Phi) is 4.94. The molecule has 1 amide bonds. The number of rotatable bonds is 5. The van der Waals surface area contributed by atoms with E-state index < -0.39 is 17.8 Å². The number of benzene rings is 1. The molecule has 3 rings (SSSR count). The number of carbonyl (C=O) groups is 1. The maximum atomic E-state index is 12.5. The van der Waals surface area contributed by atoms with E-state index in [0.29, 0.717) is 12.5 Å². The molecule has 2 N–H and O–H groups in total. The molecule has 0 aliphatic rings. The first-order valence-electron chi connectivity index (χ1n) is 7.37. The Morgan fingerprint density at radius 2 is 2.04 bits per heavy atom. The van der Waals surface area contributed by atoms with Crippen LogP contribution in [0.4, 0.5) is 18.3 Å². The maximum absolute atomic E-state index is 12.5. The predicted octanol–water partition coefficient (Wildman–Crippen LogP) is 3.74. The smallest absolute Gasteiger partial charge is 0.432 e. The van der Waals surface area contributed by atoms with E-state index >= 15 is 0 Å². The Labute approximate surface area is 150 Å². The van der Waals surface area contributed by atoms with Crippen molar-refractivity contribution in [2.45, 2.75) is 12.6 Å². The number of thiazole rings is 1. The molecule has 0 saturated heterocycles. The zero-order valence-corrected chi connectivity index (χ0v) is 14.2. The minimum atomic E-state index is -4.59. The minimum Gasteiger partial charge on any atom is -0.497 e. The van der Waals surface area contributed by atoms with Crippen LogP contribution in [0.15, 0.2) is 36.5 Å². The summed E-state index contributed by atoms with van der Waals surface area (Å²) in [7, 11) is 1.59. The summed E-state index contributed by atoms with van der Waals surface area (Å²) in [5.74, 6) is -0.00895. The van der Waals surface area contributed by atoms with Crippen molar-refractivity contribution in [3.05, 3.63) is 58.4 Å². The van der Waals surface area contributed by atoms with Crippen molar-refractivity contribution in [2.75, 3.05) is 12.4 Å². The number of halogens is 3. The first kappa shape index (κ1) is 17.9. The number of aromatic nitrogens is 3. The summed E-state index contributed by atoms with van der Waals surface area (Å²) >= 11 is 1.24. The lowest BCUT2D eigenvalue weighted by molar-refractivity contribution is -0.141. The minimum absolute atomic E-state index is 0.287. The van der Waals surface area contributed by atoms with Crippen molar-refractivity contribution in [1.29, 1.82) is 0 Å². The quantitative estimate of drug-likeness (QED) is 0.705. The molecule has 0 aliphatic carbocycles. The van der Waals surface area contributed by atoms with Gasteiger partial charge in [0.15, 0.2) is 10.8 Å². The molecular formula is C16H13F3N4O2S. The van der Waals surface area contributed by atoms with Crippen molar-refractivity contribution in [3.63, 3.8) is 0 Å². The number of hydrogen-bond donors (Lipinski definition) is 2. The van der Waals surface area contributed by atoms with Crippen LogP contribution in [0.25, 0.3) is 0 Å². The third-order valence-corrected chi connectivity index (χ3v) is 4.34. The Bertz CT molecular complexity index is 903. The van der Waals surface area contributed by atoms with Crippen LogP contribution in [0.5, 0.6) is 5.75 Å². The van der Waals surface area contributed by atoms with Gasteiger partial charge in [0.25, 0.3) is 5.91 Å². The highest BCUT2D eigenvalue weighted by Gasteiger charge is 2.33. The molecule has 136 valence electrons. The predicted molar refractivity (Wildman–Crippen MR) is 89.5 cm³/mol. The normalized spacial score (nSPS) is 11.4. The van der Waals surface area contributed by atoms with Gasteiger partial charge in [-0.15, -0.1) is 11.3 Å². The van der Waals surface area contributed by atoms with E-state index in [4.69, 9.17) is 4.74 Å². The van der Waals surface area contributed by atoms with E-state index in [0.717, 1.165) is 16.2 Å². The highest BCUT2D eigenvalue weighted by molar-refractivity contribution is 7.15. The van der Waals surface area contributed by atoms with Crippen LogP contribution < -0.4 is 10.1 Å². The SMILES string of the molecule is COc1ccc(Cc2cnc(NC(=O)c3cc(C(F)(F)F)[nH]n3)s2)cc1. The van der Waals surface area contributed by atoms with E-state index in [9.17, 15) is 18.0 Å². The number of nitrogens with zero attached hydrogens (tertiary/aromatic N) is 2. The molecule has 0 radical (unpaired) electrons. The average molecular weight is 382 g/mol. The molecule has 0 atom stereocenters. The highest BCUT2D eigenvalue weighted by Crippen LogP contribution is 2.28. The number of nitrogens with one attached hydrogen (secondary N) is 2. The van der Waals surface area contributed by atoms with E-state index in [2.05, 4.69) is 15.4 Å². The maximum Gasteiger partial charge on any atom is 0.432 e. The number of hydrogen-bond acceptors (Lipinski definition) is 5.